The second kappa shape index (κ2) is 12.0. The molecule has 8 heteroatoms. The van der Waals surface area contributed by atoms with E-state index in [9.17, 15) is 0 Å². The Morgan fingerprint density at radius 1 is 0.667 bits per heavy atom. The van der Waals surface area contributed by atoms with Gasteiger partial charge in [-0.3, -0.25) is 0 Å². The first kappa shape index (κ1) is 23.5. The van der Waals surface area contributed by atoms with E-state index in [1.54, 1.807) is 0 Å². The van der Waals surface area contributed by atoms with Gasteiger partial charge in [0.05, 0.1) is 26.4 Å². The van der Waals surface area contributed by atoms with Gasteiger partial charge in [0, 0.05) is 0 Å². The third kappa shape index (κ3) is 8.14. The highest BCUT2D eigenvalue weighted by Crippen LogP contribution is 2.26. The zero-order valence-electron chi connectivity index (χ0n) is 18.3. The highest BCUT2D eigenvalue weighted by atomic mass is 16.8. The molecule has 0 unspecified atom stereocenters. The summed E-state index contributed by atoms with van der Waals surface area (Å²) in [6.45, 7) is 13.9. The van der Waals surface area contributed by atoms with E-state index in [1.807, 2.05) is 13.8 Å². The number of rotatable bonds is 6. The molecular formula is C22H36N2O6+2. The Labute approximate surface area is 180 Å². The summed E-state index contributed by atoms with van der Waals surface area (Å²) >= 11 is 0. The summed E-state index contributed by atoms with van der Waals surface area (Å²) in [7, 11) is 0. The molecule has 3 rings (SSSR count). The van der Waals surface area contributed by atoms with Gasteiger partial charge < -0.3 is 38.2 Å². The van der Waals surface area contributed by atoms with Gasteiger partial charge in [-0.2, -0.15) is 0 Å². The number of ether oxygens (including phenoxy) is 6. The van der Waals surface area contributed by atoms with Crippen molar-refractivity contribution in [3.8, 4) is 23.7 Å². The van der Waals surface area contributed by atoms with Gasteiger partial charge in [0.15, 0.2) is 11.6 Å². The van der Waals surface area contributed by atoms with Crippen LogP contribution in [0.25, 0.3) is 0 Å². The Hall–Kier alpha value is -1.20. The van der Waals surface area contributed by atoms with Crippen molar-refractivity contribution < 1.29 is 38.2 Å². The lowest BCUT2D eigenvalue weighted by molar-refractivity contribution is -0.900. The SMILES string of the molecule is C[C@]1(OCC#CC[NH+]2CCOCC2)CO[C@@](C)(OCC#CC[NH+]2CCOCC2)CO1. The Kier molecular flexibility index (Phi) is 9.38. The van der Waals surface area contributed by atoms with Crippen LogP contribution in [0.4, 0.5) is 0 Å². The van der Waals surface area contributed by atoms with Crippen LogP contribution in [-0.4, -0.2) is 104 Å². The van der Waals surface area contributed by atoms with Crippen molar-refractivity contribution in [2.45, 2.75) is 25.4 Å². The van der Waals surface area contributed by atoms with Gasteiger partial charge in [-0.25, -0.2) is 0 Å². The summed E-state index contributed by atoms with van der Waals surface area (Å²) in [4.78, 5) is 2.92. The number of morpholine rings is 2. The van der Waals surface area contributed by atoms with Crippen LogP contribution in [0.15, 0.2) is 0 Å². The first-order valence-corrected chi connectivity index (χ1v) is 10.9. The summed E-state index contributed by atoms with van der Waals surface area (Å²) in [6, 6.07) is 0. The van der Waals surface area contributed by atoms with Gasteiger partial charge in [-0.15, -0.1) is 0 Å². The molecule has 0 saturated carbocycles. The van der Waals surface area contributed by atoms with E-state index in [0.29, 0.717) is 13.2 Å². The van der Waals surface area contributed by atoms with Crippen molar-refractivity contribution in [1.82, 2.24) is 0 Å². The van der Waals surface area contributed by atoms with Crippen molar-refractivity contribution in [3.63, 3.8) is 0 Å². The van der Waals surface area contributed by atoms with Gasteiger partial charge in [0.1, 0.15) is 65.7 Å². The Bertz CT molecular complexity index is 573. The molecule has 0 bridgehead atoms. The van der Waals surface area contributed by atoms with Gasteiger partial charge in [0.25, 0.3) is 0 Å². The molecule has 8 nitrogen and oxygen atoms in total. The third-order valence-electron chi connectivity index (χ3n) is 5.51. The minimum Gasteiger partial charge on any atom is -0.370 e. The maximum absolute atomic E-state index is 5.90. The normalized spacial score (nSPS) is 30.7. The zero-order valence-corrected chi connectivity index (χ0v) is 18.3. The highest BCUT2D eigenvalue weighted by Gasteiger charge is 2.40. The number of quaternary nitrogens is 2. The standard InChI is InChI=1S/C22H34N2O6/c1-21(27-13-5-3-7-23-9-15-25-16-10-23)19-30-22(2,20-29-21)28-14-6-4-8-24-11-17-26-18-12-24/h7-20H2,1-2H3/p+2/t21-,22-/m1/s1. The molecule has 168 valence electrons. The summed E-state index contributed by atoms with van der Waals surface area (Å²) in [5.74, 6) is 10.9. The molecule has 30 heavy (non-hydrogen) atoms. The highest BCUT2D eigenvalue weighted by molar-refractivity contribution is 5.00. The van der Waals surface area contributed by atoms with Crippen LogP contribution in [0.1, 0.15) is 13.8 Å². The minimum atomic E-state index is -0.811. The zero-order chi connectivity index (χ0) is 21.1. The maximum atomic E-state index is 5.90. The second-order valence-electron chi connectivity index (χ2n) is 8.21. The molecule has 0 aromatic carbocycles. The van der Waals surface area contributed by atoms with Crippen molar-refractivity contribution in [3.05, 3.63) is 0 Å². The van der Waals surface area contributed by atoms with E-state index in [1.165, 1.54) is 9.80 Å². The number of hydrogen-bond donors (Lipinski definition) is 2. The Morgan fingerprint density at radius 3 is 1.43 bits per heavy atom. The molecule has 2 atom stereocenters. The molecule has 0 spiro atoms. The van der Waals surface area contributed by atoms with Crippen LogP contribution < -0.4 is 9.80 Å². The summed E-state index contributed by atoms with van der Waals surface area (Å²) in [5, 5.41) is 0. The topological polar surface area (TPSA) is 64.3 Å². The van der Waals surface area contributed by atoms with E-state index < -0.39 is 11.6 Å². The fourth-order valence-electron chi connectivity index (χ4n) is 3.35. The molecule has 3 fully saturated rings. The number of hydrogen-bond acceptors (Lipinski definition) is 6. The van der Waals surface area contributed by atoms with Crippen molar-refractivity contribution in [2.75, 3.05) is 92.1 Å². The first-order valence-electron chi connectivity index (χ1n) is 10.9. The summed E-state index contributed by atoms with van der Waals surface area (Å²) in [5.41, 5.74) is 0. The molecular weight excluding hydrogens is 388 g/mol. The van der Waals surface area contributed by atoms with E-state index in [4.69, 9.17) is 28.4 Å². The molecule has 2 N–H and O–H groups in total. The van der Waals surface area contributed by atoms with Crippen LogP contribution in [-0.2, 0) is 28.4 Å². The molecule has 0 amide bonds. The van der Waals surface area contributed by atoms with Crippen molar-refractivity contribution in [2.24, 2.45) is 0 Å². The van der Waals surface area contributed by atoms with Crippen LogP contribution in [0, 0.1) is 23.7 Å². The molecule has 3 saturated heterocycles. The molecule has 0 aliphatic carbocycles. The van der Waals surface area contributed by atoms with Crippen molar-refractivity contribution in [1.29, 1.82) is 0 Å². The summed E-state index contributed by atoms with van der Waals surface area (Å²) < 4.78 is 34.1. The van der Waals surface area contributed by atoms with Crippen LogP contribution >= 0.6 is 0 Å². The monoisotopic (exact) mass is 424 g/mol. The second-order valence-corrected chi connectivity index (χ2v) is 8.21. The molecule has 3 heterocycles. The number of nitrogens with one attached hydrogen (secondary N) is 2. The van der Waals surface area contributed by atoms with E-state index in [-0.39, 0.29) is 13.2 Å². The van der Waals surface area contributed by atoms with E-state index >= 15 is 0 Å². The fourth-order valence-corrected chi connectivity index (χ4v) is 3.35. The fraction of sp³-hybridized carbons (Fsp3) is 0.818. The van der Waals surface area contributed by atoms with Gasteiger partial charge in [0.2, 0.25) is 0 Å². The largest absolute Gasteiger partial charge is 0.370 e. The maximum Gasteiger partial charge on any atom is 0.190 e. The third-order valence-corrected chi connectivity index (χ3v) is 5.51. The first-order chi connectivity index (χ1) is 14.6. The average Bonchev–Trinajstić information content (AvgIpc) is 2.77. The van der Waals surface area contributed by atoms with E-state index in [0.717, 1.165) is 65.7 Å². The Balaban J connectivity index is 1.29. The lowest BCUT2D eigenvalue weighted by Crippen LogP contribution is -3.14. The van der Waals surface area contributed by atoms with Crippen LogP contribution in [0.2, 0.25) is 0 Å². The quantitative estimate of drug-likeness (QED) is 0.454. The average molecular weight is 425 g/mol. The van der Waals surface area contributed by atoms with Crippen molar-refractivity contribution >= 4 is 0 Å². The lowest BCUT2D eigenvalue weighted by atomic mass is 10.2. The predicted molar refractivity (Wildman–Crippen MR) is 109 cm³/mol. The van der Waals surface area contributed by atoms with Gasteiger partial charge in [-0.05, 0) is 25.7 Å². The lowest BCUT2D eigenvalue weighted by Gasteiger charge is -2.41. The predicted octanol–water partition coefficient (Wildman–Crippen LogP) is -2.66. The van der Waals surface area contributed by atoms with Crippen LogP contribution in [0.3, 0.4) is 0 Å². The summed E-state index contributed by atoms with van der Waals surface area (Å²) in [6.07, 6.45) is 0. The van der Waals surface area contributed by atoms with Gasteiger partial charge >= 0.3 is 0 Å². The smallest absolute Gasteiger partial charge is 0.190 e. The molecule has 3 aliphatic heterocycles. The molecule has 0 aromatic rings. The molecule has 0 radical (unpaired) electrons. The Morgan fingerprint density at radius 2 is 1.07 bits per heavy atom. The minimum absolute atomic E-state index is 0.283. The molecule has 0 aromatic heterocycles. The van der Waals surface area contributed by atoms with Crippen LogP contribution in [0.5, 0.6) is 0 Å². The molecule has 3 aliphatic rings. The van der Waals surface area contributed by atoms with Gasteiger partial charge in [-0.1, -0.05) is 11.8 Å². The van der Waals surface area contributed by atoms with E-state index in [2.05, 4.69) is 23.7 Å².